The van der Waals surface area contributed by atoms with Crippen molar-refractivity contribution in [1.82, 2.24) is 19.7 Å². The molecule has 1 amide bonds. The van der Waals surface area contributed by atoms with Crippen LogP contribution in [0.5, 0.6) is 0 Å². The van der Waals surface area contributed by atoms with E-state index in [0.717, 1.165) is 0 Å². The van der Waals surface area contributed by atoms with Crippen LogP contribution in [0.1, 0.15) is 23.6 Å². The molecule has 11 heteroatoms. The molecule has 164 valence electrons. The zero-order valence-electron chi connectivity index (χ0n) is 17.1. The lowest BCUT2D eigenvalue weighted by Gasteiger charge is -2.24. The van der Waals surface area contributed by atoms with Gasteiger partial charge in [0.2, 0.25) is 15.9 Å². The number of hydrogen-bond acceptors (Lipinski definition) is 6. The third-order valence-electron chi connectivity index (χ3n) is 5.71. The number of aryl methyl sites for hydroxylation is 2. The van der Waals surface area contributed by atoms with Gasteiger partial charge in [0.05, 0.1) is 16.8 Å². The maximum Gasteiger partial charge on any atom is 0.246 e. The van der Waals surface area contributed by atoms with Gasteiger partial charge in [-0.1, -0.05) is 5.16 Å². The first-order valence-corrected chi connectivity index (χ1v) is 11.1. The van der Waals surface area contributed by atoms with Gasteiger partial charge in [-0.05, 0) is 44.5 Å². The molecule has 3 N–H and O–H groups in total. The average molecular weight is 447 g/mol. The number of carbonyl (C=O) groups excluding carboxylic acids is 1. The summed E-state index contributed by atoms with van der Waals surface area (Å²) >= 11 is 0. The second-order valence-corrected chi connectivity index (χ2v) is 9.73. The molecule has 0 spiro atoms. The molecular formula is C20H22FN5O4S. The molecule has 9 nitrogen and oxygen atoms in total. The predicted octanol–water partition coefficient (Wildman–Crippen LogP) is 1.93. The minimum Gasteiger partial charge on any atom is -0.369 e. The molecule has 0 aliphatic carbocycles. The second-order valence-electron chi connectivity index (χ2n) is 7.86. The number of nitrogens with two attached hydrogens (primary N) is 1. The third-order valence-corrected chi connectivity index (χ3v) is 7.82. The monoisotopic (exact) mass is 447 g/mol. The van der Waals surface area contributed by atoms with E-state index < -0.39 is 21.3 Å². The van der Waals surface area contributed by atoms with Gasteiger partial charge < -0.3 is 10.3 Å². The molecule has 0 radical (unpaired) electrons. The Labute approximate surface area is 178 Å². The van der Waals surface area contributed by atoms with E-state index in [-0.39, 0.29) is 36.6 Å². The van der Waals surface area contributed by atoms with E-state index in [0.29, 0.717) is 28.4 Å². The van der Waals surface area contributed by atoms with Crippen molar-refractivity contribution in [3.05, 3.63) is 53.3 Å². The number of aromatic amines is 1. The maximum absolute atomic E-state index is 13.2. The summed E-state index contributed by atoms with van der Waals surface area (Å²) in [5.41, 5.74) is 6.54. The number of sulfonamides is 1. The number of nitrogens with zero attached hydrogens (tertiary/aromatic N) is 3. The largest absolute Gasteiger partial charge is 0.369 e. The van der Waals surface area contributed by atoms with Crippen molar-refractivity contribution < 1.29 is 22.1 Å². The highest BCUT2D eigenvalue weighted by molar-refractivity contribution is 7.89. The van der Waals surface area contributed by atoms with Gasteiger partial charge in [-0.15, -0.1) is 0 Å². The number of H-pyrrole nitrogens is 1. The highest BCUT2D eigenvalue weighted by atomic mass is 32.2. The van der Waals surface area contributed by atoms with Crippen LogP contribution in [0.2, 0.25) is 0 Å². The summed E-state index contributed by atoms with van der Waals surface area (Å²) in [5.74, 6) is -0.575. The predicted molar refractivity (Wildman–Crippen MR) is 109 cm³/mol. The zero-order chi connectivity index (χ0) is 22.4. The molecule has 31 heavy (non-hydrogen) atoms. The Kier molecular flexibility index (Phi) is 5.18. The number of hydrogen-bond donors (Lipinski definition) is 2. The van der Waals surface area contributed by atoms with Crippen molar-refractivity contribution in [3.63, 3.8) is 0 Å². The fourth-order valence-electron chi connectivity index (χ4n) is 4.01. The first kappa shape index (κ1) is 21.2. The molecule has 0 bridgehead atoms. The molecule has 1 aliphatic heterocycles. The summed E-state index contributed by atoms with van der Waals surface area (Å²) < 4.78 is 46.1. The van der Waals surface area contributed by atoms with Crippen molar-refractivity contribution >= 4 is 15.9 Å². The van der Waals surface area contributed by atoms with Crippen molar-refractivity contribution in [2.45, 2.75) is 31.6 Å². The van der Waals surface area contributed by atoms with E-state index in [1.54, 1.807) is 32.0 Å². The van der Waals surface area contributed by atoms with Crippen LogP contribution in [0.4, 0.5) is 4.39 Å². The Morgan fingerprint density at radius 3 is 2.65 bits per heavy atom. The summed E-state index contributed by atoms with van der Waals surface area (Å²) in [6, 6.07) is 7.42. The van der Waals surface area contributed by atoms with Crippen molar-refractivity contribution in [3.8, 4) is 11.3 Å². The average Bonchev–Trinajstić information content (AvgIpc) is 3.43. The number of carbonyl (C=O) groups is 1. The normalized spacial score (nSPS) is 19.7. The summed E-state index contributed by atoms with van der Waals surface area (Å²) in [6.07, 6.45) is 0.357. The van der Waals surface area contributed by atoms with Crippen LogP contribution in [0, 0.1) is 25.1 Å². The number of aromatic nitrogens is 3. The molecule has 1 atom stereocenters. The quantitative estimate of drug-likeness (QED) is 0.593. The topological polar surface area (TPSA) is 135 Å². The van der Waals surface area contributed by atoms with Crippen LogP contribution in [0.3, 0.4) is 0 Å². The highest BCUT2D eigenvalue weighted by Crippen LogP contribution is 2.38. The minimum atomic E-state index is -3.85. The molecule has 0 unspecified atom stereocenters. The van der Waals surface area contributed by atoms with Gasteiger partial charge in [0, 0.05) is 31.1 Å². The van der Waals surface area contributed by atoms with Crippen LogP contribution in [-0.2, 0) is 21.2 Å². The number of amides is 1. The number of nitrogens with one attached hydrogen (secondary N) is 1. The van der Waals surface area contributed by atoms with Gasteiger partial charge in [0.25, 0.3) is 0 Å². The zero-order valence-corrected chi connectivity index (χ0v) is 17.9. The molecule has 1 fully saturated rings. The molecule has 0 saturated carbocycles. The number of benzene rings is 1. The maximum atomic E-state index is 13.2. The van der Waals surface area contributed by atoms with E-state index in [9.17, 15) is 17.6 Å². The summed E-state index contributed by atoms with van der Waals surface area (Å²) in [4.78, 5) is 12.5. The Balaban J connectivity index is 1.59. The lowest BCUT2D eigenvalue weighted by molar-refractivity contribution is -0.127. The van der Waals surface area contributed by atoms with Gasteiger partial charge in [-0.3, -0.25) is 9.89 Å². The van der Waals surface area contributed by atoms with Gasteiger partial charge in [-0.2, -0.15) is 9.40 Å². The standard InChI is InChI=1S/C20H22FN5O4S/c1-12-18(13(2)24-23-12)31(28,29)26-8-7-20(11-26,19(22)27)10-16-9-17(25-30-16)14-3-5-15(21)6-4-14/h3-6,9H,7-8,10-11H2,1-2H3,(H2,22,27)(H,23,24)/t20-/m0/s1. The fraction of sp³-hybridized carbons (Fsp3) is 0.350. The molecule has 2 aromatic heterocycles. The number of halogens is 1. The molecule has 3 heterocycles. The first-order chi connectivity index (χ1) is 14.6. The van der Waals surface area contributed by atoms with Gasteiger partial charge in [0.15, 0.2) is 0 Å². The van der Waals surface area contributed by atoms with Crippen molar-refractivity contribution in [1.29, 1.82) is 0 Å². The Morgan fingerprint density at radius 1 is 1.32 bits per heavy atom. The van der Waals surface area contributed by atoms with Crippen molar-refractivity contribution in [2.24, 2.45) is 11.1 Å². The van der Waals surface area contributed by atoms with E-state index in [1.165, 1.54) is 16.4 Å². The fourth-order valence-corrected chi connectivity index (χ4v) is 5.87. The van der Waals surface area contributed by atoms with E-state index >= 15 is 0 Å². The van der Waals surface area contributed by atoms with Gasteiger partial charge in [0.1, 0.15) is 22.2 Å². The number of rotatable bonds is 6. The molecule has 4 rings (SSSR count). The Bertz CT molecular complexity index is 1220. The molecule has 1 aromatic carbocycles. The Hall–Kier alpha value is -3.05. The van der Waals surface area contributed by atoms with E-state index in [4.69, 9.17) is 10.3 Å². The molecule has 1 aliphatic rings. The Morgan fingerprint density at radius 2 is 2.03 bits per heavy atom. The summed E-state index contributed by atoms with van der Waals surface area (Å²) in [6.45, 7) is 3.32. The first-order valence-electron chi connectivity index (χ1n) is 9.65. The van der Waals surface area contributed by atoms with Crippen molar-refractivity contribution in [2.75, 3.05) is 13.1 Å². The highest BCUT2D eigenvalue weighted by Gasteiger charge is 2.48. The van der Waals surface area contributed by atoms with Crippen LogP contribution in [-0.4, -0.2) is 47.1 Å². The third kappa shape index (κ3) is 3.74. The van der Waals surface area contributed by atoms with Gasteiger partial charge in [-0.25, -0.2) is 12.8 Å². The van der Waals surface area contributed by atoms with Crippen LogP contribution < -0.4 is 5.73 Å². The van der Waals surface area contributed by atoms with E-state index in [2.05, 4.69) is 15.4 Å². The summed E-state index contributed by atoms with van der Waals surface area (Å²) in [7, 11) is -3.85. The van der Waals surface area contributed by atoms with E-state index in [1.807, 2.05) is 0 Å². The molecule has 1 saturated heterocycles. The molecular weight excluding hydrogens is 425 g/mol. The SMILES string of the molecule is Cc1n[nH]c(C)c1S(=O)(=O)N1CC[C@@](Cc2cc(-c3ccc(F)cc3)no2)(C(N)=O)C1. The minimum absolute atomic E-state index is 0.0681. The van der Waals surface area contributed by atoms with Gasteiger partial charge >= 0.3 is 0 Å². The van der Waals surface area contributed by atoms with Crippen LogP contribution in [0.25, 0.3) is 11.3 Å². The van der Waals surface area contributed by atoms with Crippen LogP contribution in [0.15, 0.2) is 39.8 Å². The number of primary amides is 1. The second kappa shape index (κ2) is 7.57. The summed E-state index contributed by atoms with van der Waals surface area (Å²) in [5, 5.41) is 10.6. The smallest absolute Gasteiger partial charge is 0.246 e. The van der Waals surface area contributed by atoms with Crippen LogP contribution >= 0.6 is 0 Å². The lowest BCUT2D eigenvalue weighted by atomic mass is 9.82. The molecule has 3 aromatic rings. The lowest BCUT2D eigenvalue weighted by Crippen LogP contribution is -2.42.